The minimum Gasteiger partial charge on any atom is -0.361 e. The third-order valence-electron chi connectivity index (χ3n) is 3.31. The molecule has 2 aromatic rings. The second-order valence-electron chi connectivity index (χ2n) is 5.05. The molecule has 0 radical (unpaired) electrons. The van der Waals surface area contributed by atoms with Gasteiger partial charge in [0.1, 0.15) is 0 Å². The molecule has 0 saturated carbocycles. The van der Waals surface area contributed by atoms with Gasteiger partial charge in [0.2, 0.25) is 0 Å². The maximum Gasteiger partial charge on any atom is 0.269 e. The van der Waals surface area contributed by atoms with Crippen molar-refractivity contribution in [1.29, 1.82) is 0 Å². The molecule has 0 bridgehead atoms. The van der Waals surface area contributed by atoms with Crippen LogP contribution >= 0.6 is 24.0 Å². The number of thiocarbonyl (C=S) groups is 1. The molecule has 3 N–H and O–H groups in total. The predicted molar refractivity (Wildman–Crippen MR) is 104 cm³/mol. The molecule has 0 heterocycles. The summed E-state index contributed by atoms with van der Waals surface area (Å²) in [5, 5.41) is 3.47. The number of hydrogen-bond acceptors (Lipinski definition) is 3. The molecule has 0 aliphatic heterocycles. The van der Waals surface area contributed by atoms with Crippen molar-refractivity contribution in [3.63, 3.8) is 0 Å². The van der Waals surface area contributed by atoms with Crippen LogP contribution in [0.5, 0.6) is 0 Å². The highest BCUT2D eigenvalue weighted by atomic mass is 32.2. The highest BCUT2D eigenvalue weighted by molar-refractivity contribution is 7.99. The van der Waals surface area contributed by atoms with Gasteiger partial charge in [-0.05, 0) is 48.5 Å². The molecule has 2 rings (SSSR count). The highest BCUT2D eigenvalue weighted by Crippen LogP contribution is 2.15. The van der Waals surface area contributed by atoms with Gasteiger partial charge in [-0.15, -0.1) is 11.8 Å². The van der Waals surface area contributed by atoms with Crippen molar-refractivity contribution >= 4 is 35.0 Å². The fraction of sp³-hybridized carbons (Fsp3) is 0.222. The molecular formula is C18H21N3OS2. The van der Waals surface area contributed by atoms with Crippen LogP contribution in [-0.2, 0) is 6.42 Å². The number of hydrogen-bond donors (Lipinski definition) is 3. The van der Waals surface area contributed by atoms with E-state index in [2.05, 4.69) is 35.2 Å². The molecular weight excluding hydrogens is 338 g/mol. The van der Waals surface area contributed by atoms with Crippen molar-refractivity contribution in [2.24, 2.45) is 0 Å². The summed E-state index contributed by atoms with van der Waals surface area (Å²) >= 11 is 6.90. The van der Waals surface area contributed by atoms with E-state index in [0.717, 1.165) is 12.2 Å². The summed E-state index contributed by atoms with van der Waals surface area (Å²) in [6.45, 7) is 2.79. The minimum absolute atomic E-state index is 0.208. The average Bonchev–Trinajstić information content (AvgIpc) is 2.64. The Labute approximate surface area is 152 Å². The maximum absolute atomic E-state index is 12.0. The predicted octanol–water partition coefficient (Wildman–Crippen LogP) is 3.15. The molecule has 0 aliphatic rings. The first-order valence-electron chi connectivity index (χ1n) is 7.80. The molecule has 0 unspecified atom stereocenters. The van der Waals surface area contributed by atoms with Gasteiger partial charge >= 0.3 is 0 Å². The molecule has 0 spiro atoms. The monoisotopic (exact) mass is 359 g/mol. The van der Waals surface area contributed by atoms with Crippen LogP contribution in [0.25, 0.3) is 0 Å². The lowest BCUT2D eigenvalue weighted by Crippen LogP contribution is -2.47. The zero-order chi connectivity index (χ0) is 17.2. The van der Waals surface area contributed by atoms with E-state index in [-0.39, 0.29) is 5.91 Å². The van der Waals surface area contributed by atoms with E-state index < -0.39 is 0 Å². The van der Waals surface area contributed by atoms with E-state index in [1.807, 2.05) is 42.5 Å². The molecule has 0 aliphatic carbocycles. The summed E-state index contributed by atoms with van der Waals surface area (Å²) in [6.07, 6.45) is 0.954. The Kier molecular flexibility index (Phi) is 7.58. The molecule has 126 valence electrons. The number of carbonyl (C=O) groups excluding carboxylic acids is 1. The van der Waals surface area contributed by atoms with Crippen molar-refractivity contribution in [1.82, 2.24) is 16.2 Å². The average molecular weight is 360 g/mol. The van der Waals surface area contributed by atoms with Crippen molar-refractivity contribution in [3.8, 4) is 0 Å². The lowest BCUT2D eigenvalue weighted by molar-refractivity contribution is 0.0943. The Morgan fingerprint density at radius 2 is 1.75 bits per heavy atom. The molecule has 2 aromatic carbocycles. The van der Waals surface area contributed by atoms with Crippen LogP contribution in [0.2, 0.25) is 0 Å². The number of aryl methyl sites for hydroxylation is 1. The van der Waals surface area contributed by atoms with Crippen LogP contribution in [0.3, 0.4) is 0 Å². The summed E-state index contributed by atoms with van der Waals surface area (Å²) in [6, 6.07) is 17.7. The lowest BCUT2D eigenvalue weighted by Gasteiger charge is -2.11. The molecule has 1 amide bonds. The second kappa shape index (κ2) is 9.95. The van der Waals surface area contributed by atoms with Crippen molar-refractivity contribution in [2.75, 3.05) is 12.3 Å². The number of benzene rings is 2. The number of rotatable bonds is 6. The highest BCUT2D eigenvalue weighted by Gasteiger charge is 2.05. The summed E-state index contributed by atoms with van der Waals surface area (Å²) < 4.78 is 0. The topological polar surface area (TPSA) is 53.2 Å². The van der Waals surface area contributed by atoms with Gasteiger partial charge < -0.3 is 5.32 Å². The SMILES string of the molecule is CCc1ccc(C(=O)NNC(=S)NCCSc2ccccc2)cc1. The van der Waals surface area contributed by atoms with Crippen molar-refractivity contribution in [3.05, 3.63) is 65.7 Å². The molecule has 0 saturated heterocycles. The number of hydrazine groups is 1. The maximum atomic E-state index is 12.0. The summed E-state index contributed by atoms with van der Waals surface area (Å²) in [5.74, 6) is 0.679. The van der Waals surface area contributed by atoms with Crippen LogP contribution in [0, 0.1) is 0 Å². The second-order valence-corrected chi connectivity index (χ2v) is 6.62. The van der Waals surface area contributed by atoms with Gasteiger partial charge in [-0.3, -0.25) is 15.6 Å². The van der Waals surface area contributed by atoms with Crippen LogP contribution in [-0.4, -0.2) is 23.3 Å². The Morgan fingerprint density at radius 3 is 2.42 bits per heavy atom. The number of nitrogens with one attached hydrogen (secondary N) is 3. The minimum atomic E-state index is -0.208. The third-order valence-corrected chi connectivity index (χ3v) is 4.57. The zero-order valence-electron chi connectivity index (χ0n) is 13.5. The van der Waals surface area contributed by atoms with E-state index in [1.165, 1.54) is 10.5 Å². The summed E-state index contributed by atoms with van der Waals surface area (Å²) in [7, 11) is 0. The quantitative estimate of drug-likeness (QED) is 0.320. The van der Waals surface area contributed by atoms with E-state index in [1.54, 1.807) is 11.8 Å². The van der Waals surface area contributed by atoms with E-state index in [9.17, 15) is 4.79 Å². The first-order valence-corrected chi connectivity index (χ1v) is 9.19. The fourth-order valence-corrected chi connectivity index (χ4v) is 2.91. The smallest absolute Gasteiger partial charge is 0.269 e. The lowest BCUT2D eigenvalue weighted by atomic mass is 10.1. The standard InChI is InChI=1S/C18H21N3OS2/c1-2-14-8-10-15(11-9-14)17(22)20-21-18(23)19-12-13-24-16-6-4-3-5-7-16/h3-11H,2,12-13H2,1H3,(H,20,22)(H2,19,21,23). The Balaban J connectivity index is 1.64. The Morgan fingerprint density at radius 1 is 1.04 bits per heavy atom. The molecule has 0 atom stereocenters. The van der Waals surface area contributed by atoms with Gasteiger partial charge in [-0.2, -0.15) is 0 Å². The molecule has 24 heavy (non-hydrogen) atoms. The number of amides is 1. The summed E-state index contributed by atoms with van der Waals surface area (Å²) in [4.78, 5) is 13.2. The van der Waals surface area contributed by atoms with Gasteiger partial charge in [0, 0.05) is 22.8 Å². The van der Waals surface area contributed by atoms with Gasteiger partial charge in [-0.1, -0.05) is 37.3 Å². The molecule has 6 heteroatoms. The van der Waals surface area contributed by atoms with Crippen molar-refractivity contribution < 1.29 is 4.79 Å². The van der Waals surface area contributed by atoms with Crippen LogP contribution in [0.15, 0.2) is 59.5 Å². The summed E-state index contributed by atoms with van der Waals surface area (Å²) in [5.41, 5.74) is 7.12. The Bertz CT molecular complexity index is 660. The van der Waals surface area contributed by atoms with E-state index in [0.29, 0.717) is 17.2 Å². The number of carbonyl (C=O) groups is 1. The van der Waals surface area contributed by atoms with Gasteiger partial charge in [0.15, 0.2) is 5.11 Å². The molecule has 0 aromatic heterocycles. The first kappa shape index (κ1) is 18.3. The van der Waals surface area contributed by atoms with Gasteiger partial charge in [-0.25, -0.2) is 0 Å². The van der Waals surface area contributed by atoms with Gasteiger partial charge in [0.05, 0.1) is 0 Å². The Hall–Kier alpha value is -2.05. The van der Waals surface area contributed by atoms with Crippen LogP contribution < -0.4 is 16.2 Å². The molecule has 4 nitrogen and oxygen atoms in total. The number of thioether (sulfide) groups is 1. The normalized spacial score (nSPS) is 10.0. The van der Waals surface area contributed by atoms with Crippen LogP contribution in [0.1, 0.15) is 22.8 Å². The first-order chi connectivity index (χ1) is 11.7. The van der Waals surface area contributed by atoms with E-state index in [4.69, 9.17) is 12.2 Å². The van der Waals surface area contributed by atoms with E-state index >= 15 is 0 Å². The van der Waals surface area contributed by atoms with Crippen LogP contribution in [0.4, 0.5) is 0 Å². The van der Waals surface area contributed by atoms with Gasteiger partial charge in [0.25, 0.3) is 5.91 Å². The fourth-order valence-electron chi connectivity index (χ4n) is 1.97. The van der Waals surface area contributed by atoms with Crippen molar-refractivity contribution in [2.45, 2.75) is 18.2 Å². The zero-order valence-corrected chi connectivity index (χ0v) is 15.2. The third kappa shape index (κ3) is 6.22. The largest absolute Gasteiger partial charge is 0.361 e. The molecule has 0 fully saturated rings.